The van der Waals surface area contributed by atoms with Crippen molar-refractivity contribution >= 4 is 40.6 Å². The molecule has 0 unspecified atom stereocenters. The van der Waals surface area contributed by atoms with Crippen molar-refractivity contribution in [1.82, 2.24) is 4.90 Å². The van der Waals surface area contributed by atoms with Crippen molar-refractivity contribution < 1.29 is 9.59 Å². The van der Waals surface area contributed by atoms with Crippen LogP contribution in [0.1, 0.15) is 18.9 Å². The zero-order chi connectivity index (χ0) is 13.1. The molecule has 1 fully saturated rings. The van der Waals surface area contributed by atoms with Crippen molar-refractivity contribution in [3.05, 3.63) is 39.8 Å². The molecule has 3 nitrogen and oxygen atoms in total. The van der Waals surface area contributed by atoms with Gasteiger partial charge in [0, 0.05) is 11.6 Å². The standard InChI is InChI=1S/C13H12ClNO2S/c1-2-7-15-12(16)11(18-13(15)17)8-9-3-5-10(14)6-4-9/h3-6,8H,2,7H2,1H3. The van der Waals surface area contributed by atoms with Crippen molar-refractivity contribution in [2.75, 3.05) is 6.54 Å². The van der Waals surface area contributed by atoms with E-state index < -0.39 is 0 Å². The number of benzene rings is 1. The highest BCUT2D eigenvalue weighted by atomic mass is 35.5. The van der Waals surface area contributed by atoms with Gasteiger partial charge in [-0.25, -0.2) is 0 Å². The molecule has 0 aliphatic carbocycles. The molecule has 2 amide bonds. The van der Waals surface area contributed by atoms with E-state index in [-0.39, 0.29) is 11.1 Å². The molecule has 1 saturated heterocycles. The maximum Gasteiger partial charge on any atom is 0.293 e. The third kappa shape index (κ3) is 2.76. The molecule has 1 aromatic rings. The summed E-state index contributed by atoms with van der Waals surface area (Å²) in [6, 6.07) is 7.14. The lowest BCUT2D eigenvalue weighted by atomic mass is 10.2. The van der Waals surface area contributed by atoms with Crippen LogP contribution in [0.4, 0.5) is 4.79 Å². The molecule has 0 N–H and O–H groups in total. The van der Waals surface area contributed by atoms with Gasteiger partial charge in [0.15, 0.2) is 0 Å². The first-order valence-electron chi connectivity index (χ1n) is 5.62. The molecule has 0 spiro atoms. The maximum absolute atomic E-state index is 12.0. The Morgan fingerprint density at radius 1 is 1.28 bits per heavy atom. The summed E-state index contributed by atoms with van der Waals surface area (Å²) >= 11 is 6.78. The SMILES string of the molecule is CCCN1C(=O)SC(=Cc2ccc(Cl)cc2)C1=O. The van der Waals surface area contributed by atoms with Gasteiger partial charge in [0.1, 0.15) is 0 Å². The summed E-state index contributed by atoms with van der Waals surface area (Å²) < 4.78 is 0. The number of thioether (sulfide) groups is 1. The van der Waals surface area contributed by atoms with Crippen LogP contribution in [0.3, 0.4) is 0 Å². The van der Waals surface area contributed by atoms with Gasteiger partial charge in [0.05, 0.1) is 4.91 Å². The first-order chi connectivity index (χ1) is 8.61. The lowest BCUT2D eigenvalue weighted by Crippen LogP contribution is -2.28. The molecule has 1 aliphatic heterocycles. The van der Waals surface area contributed by atoms with Gasteiger partial charge < -0.3 is 0 Å². The van der Waals surface area contributed by atoms with Crippen LogP contribution >= 0.6 is 23.4 Å². The molecule has 94 valence electrons. The van der Waals surface area contributed by atoms with Crippen LogP contribution in [-0.4, -0.2) is 22.6 Å². The quantitative estimate of drug-likeness (QED) is 0.791. The average molecular weight is 282 g/mol. The first-order valence-corrected chi connectivity index (χ1v) is 6.82. The molecule has 5 heteroatoms. The molecular formula is C13H12ClNO2S. The lowest BCUT2D eigenvalue weighted by Gasteiger charge is -2.09. The fraction of sp³-hybridized carbons (Fsp3) is 0.231. The molecule has 2 rings (SSSR count). The second-order valence-corrected chi connectivity index (χ2v) is 5.31. The van der Waals surface area contributed by atoms with Gasteiger partial charge in [-0.1, -0.05) is 30.7 Å². The normalized spacial score (nSPS) is 17.9. The lowest BCUT2D eigenvalue weighted by molar-refractivity contribution is -0.122. The Morgan fingerprint density at radius 3 is 2.56 bits per heavy atom. The molecule has 0 bridgehead atoms. The van der Waals surface area contributed by atoms with Crippen LogP contribution in [0.15, 0.2) is 29.2 Å². The number of nitrogens with zero attached hydrogens (tertiary/aromatic N) is 1. The number of carbonyl (C=O) groups excluding carboxylic acids is 2. The van der Waals surface area contributed by atoms with Crippen molar-refractivity contribution in [2.45, 2.75) is 13.3 Å². The predicted octanol–water partition coefficient (Wildman–Crippen LogP) is 3.79. The Kier molecular flexibility index (Phi) is 4.09. The summed E-state index contributed by atoms with van der Waals surface area (Å²) in [7, 11) is 0. The summed E-state index contributed by atoms with van der Waals surface area (Å²) in [5, 5.41) is 0.452. The summed E-state index contributed by atoms with van der Waals surface area (Å²) in [6.45, 7) is 2.41. The molecule has 0 saturated carbocycles. The predicted molar refractivity (Wildman–Crippen MR) is 74.4 cm³/mol. The third-order valence-corrected chi connectivity index (χ3v) is 3.65. The number of halogens is 1. The van der Waals surface area contributed by atoms with Crippen LogP contribution in [0.25, 0.3) is 6.08 Å². The minimum Gasteiger partial charge on any atom is -0.268 e. The summed E-state index contributed by atoms with van der Waals surface area (Å²) in [4.78, 5) is 25.4. The highest BCUT2D eigenvalue weighted by Gasteiger charge is 2.34. The first kappa shape index (κ1) is 13.2. The summed E-state index contributed by atoms with van der Waals surface area (Å²) in [6.07, 6.45) is 2.49. The van der Waals surface area contributed by atoms with Gasteiger partial charge >= 0.3 is 0 Å². The largest absolute Gasteiger partial charge is 0.293 e. The van der Waals surface area contributed by atoms with Crippen LogP contribution in [0.5, 0.6) is 0 Å². The van der Waals surface area contributed by atoms with E-state index in [2.05, 4.69) is 0 Å². The molecule has 18 heavy (non-hydrogen) atoms. The maximum atomic E-state index is 12.0. The van der Waals surface area contributed by atoms with E-state index in [0.717, 1.165) is 23.7 Å². The summed E-state index contributed by atoms with van der Waals surface area (Å²) in [5.74, 6) is -0.207. The zero-order valence-corrected chi connectivity index (χ0v) is 11.4. The Labute approximate surface area is 115 Å². The molecule has 0 aromatic heterocycles. The average Bonchev–Trinajstić information content (AvgIpc) is 2.60. The fourth-order valence-corrected chi connectivity index (χ4v) is 2.62. The Bertz CT molecular complexity index is 510. The highest BCUT2D eigenvalue weighted by molar-refractivity contribution is 8.18. The minimum absolute atomic E-state index is 0.193. The number of hydrogen-bond acceptors (Lipinski definition) is 3. The Balaban J connectivity index is 2.22. The molecular weight excluding hydrogens is 270 g/mol. The summed E-state index contributed by atoms with van der Waals surface area (Å²) in [5.41, 5.74) is 0.862. The zero-order valence-electron chi connectivity index (χ0n) is 9.85. The van der Waals surface area contributed by atoms with Crippen LogP contribution in [0, 0.1) is 0 Å². The number of carbonyl (C=O) groups is 2. The Hall–Kier alpha value is -1.26. The van der Waals surface area contributed by atoms with Gasteiger partial charge in [-0.2, -0.15) is 0 Å². The van der Waals surface area contributed by atoms with Gasteiger partial charge in [-0.05, 0) is 42.0 Å². The van der Waals surface area contributed by atoms with E-state index in [4.69, 9.17) is 11.6 Å². The number of hydrogen-bond donors (Lipinski definition) is 0. The van der Waals surface area contributed by atoms with E-state index in [1.54, 1.807) is 18.2 Å². The molecule has 1 heterocycles. The van der Waals surface area contributed by atoms with E-state index in [0.29, 0.717) is 16.5 Å². The van der Waals surface area contributed by atoms with Gasteiger partial charge in [0.2, 0.25) is 0 Å². The Morgan fingerprint density at radius 2 is 1.94 bits per heavy atom. The van der Waals surface area contributed by atoms with Crippen LogP contribution in [-0.2, 0) is 4.79 Å². The minimum atomic E-state index is -0.207. The molecule has 1 aromatic carbocycles. The smallest absolute Gasteiger partial charge is 0.268 e. The topological polar surface area (TPSA) is 37.4 Å². The van der Waals surface area contributed by atoms with E-state index in [1.165, 1.54) is 4.90 Å². The highest BCUT2D eigenvalue weighted by Crippen LogP contribution is 2.32. The second kappa shape index (κ2) is 5.59. The third-order valence-electron chi connectivity index (χ3n) is 2.49. The molecule has 0 atom stereocenters. The van der Waals surface area contributed by atoms with Crippen molar-refractivity contribution in [2.24, 2.45) is 0 Å². The van der Waals surface area contributed by atoms with Gasteiger partial charge in [0.25, 0.3) is 11.1 Å². The molecule has 1 aliphatic rings. The van der Waals surface area contributed by atoms with Gasteiger partial charge in [-0.15, -0.1) is 0 Å². The van der Waals surface area contributed by atoms with Crippen molar-refractivity contribution in [3.63, 3.8) is 0 Å². The monoisotopic (exact) mass is 281 g/mol. The van der Waals surface area contributed by atoms with E-state index in [9.17, 15) is 9.59 Å². The van der Waals surface area contributed by atoms with Crippen LogP contribution in [0.2, 0.25) is 5.02 Å². The number of amides is 2. The number of rotatable bonds is 3. The van der Waals surface area contributed by atoms with Crippen LogP contribution < -0.4 is 0 Å². The van der Waals surface area contributed by atoms with Crippen molar-refractivity contribution in [3.8, 4) is 0 Å². The van der Waals surface area contributed by atoms with Gasteiger partial charge in [-0.3, -0.25) is 14.5 Å². The number of imide groups is 1. The fourth-order valence-electron chi connectivity index (χ4n) is 1.63. The van der Waals surface area contributed by atoms with E-state index in [1.807, 2.05) is 19.1 Å². The van der Waals surface area contributed by atoms with Crippen molar-refractivity contribution in [1.29, 1.82) is 0 Å². The second-order valence-electron chi connectivity index (χ2n) is 3.88. The van der Waals surface area contributed by atoms with E-state index >= 15 is 0 Å². The molecule has 0 radical (unpaired) electrons.